The highest BCUT2D eigenvalue weighted by Crippen LogP contribution is 2.36. The lowest BCUT2D eigenvalue weighted by atomic mass is 10.2. The molecule has 26 heavy (non-hydrogen) atoms. The maximum Gasteiger partial charge on any atom is 0.417 e. The van der Waals surface area contributed by atoms with Crippen LogP contribution in [0, 0.1) is 0 Å². The van der Waals surface area contributed by atoms with E-state index in [4.69, 9.17) is 11.6 Å². The van der Waals surface area contributed by atoms with E-state index in [1.54, 1.807) is 6.07 Å². The zero-order valence-electron chi connectivity index (χ0n) is 14.2. The Morgan fingerprint density at radius 2 is 1.88 bits per heavy atom. The van der Waals surface area contributed by atoms with Crippen molar-refractivity contribution in [1.82, 2.24) is 15.2 Å². The average Bonchev–Trinajstić information content (AvgIpc) is 2.56. The minimum Gasteiger partial charge on any atom is -0.354 e. The number of hydrogen-bond acceptors (Lipinski definition) is 4. The maximum absolute atomic E-state index is 12.9. The molecule has 0 atom stereocenters. The molecule has 140 valence electrons. The molecule has 0 saturated heterocycles. The summed E-state index contributed by atoms with van der Waals surface area (Å²) < 4.78 is 38.7. The Morgan fingerprint density at radius 1 is 1.19 bits per heavy atom. The number of anilines is 2. The average molecular weight is 387 g/mol. The molecule has 0 unspecified atom stereocenters. The van der Waals surface area contributed by atoms with E-state index in [1.165, 1.54) is 24.4 Å². The molecule has 1 aromatic heterocycles. The number of likely N-dealkylation sites (N-methyl/N-ethyl adjacent to an activating group) is 1. The number of amides is 1. The zero-order chi connectivity index (χ0) is 19.3. The van der Waals surface area contributed by atoms with Crippen molar-refractivity contribution in [1.29, 1.82) is 0 Å². The van der Waals surface area contributed by atoms with Crippen LogP contribution in [0.1, 0.15) is 16.1 Å². The lowest BCUT2D eigenvalue weighted by molar-refractivity contribution is -0.137. The van der Waals surface area contributed by atoms with E-state index in [2.05, 4.69) is 15.6 Å². The fourth-order valence-corrected chi connectivity index (χ4v) is 2.30. The SMILES string of the molecule is CN(C)CCNC(=O)c1ccc(Nc2ccc(Cl)c(C(F)(F)F)c2)cn1. The summed E-state index contributed by atoms with van der Waals surface area (Å²) >= 11 is 5.59. The summed E-state index contributed by atoms with van der Waals surface area (Å²) in [5.41, 5.74) is -0.0348. The van der Waals surface area contributed by atoms with Gasteiger partial charge in [0.25, 0.3) is 5.91 Å². The first-order valence-corrected chi connectivity index (χ1v) is 8.07. The second-order valence-corrected chi connectivity index (χ2v) is 6.22. The number of aromatic nitrogens is 1. The summed E-state index contributed by atoms with van der Waals surface area (Å²) in [6.07, 6.45) is -3.16. The van der Waals surface area contributed by atoms with Crippen LogP contribution in [0.15, 0.2) is 36.5 Å². The summed E-state index contributed by atoms with van der Waals surface area (Å²) in [4.78, 5) is 17.9. The van der Waals surface area contributed by atoms with Gasteiger partial charge in [0.05, 0.1) is 22.5 Å². The molecule has 1 aromatic carbocycles. The quantitative estimate of drug-likeness (QED) is 0.793. The van der Waals surface area contributed by atoms with E-state index in [-0.39, 0.29) is 22.3 Å². The molecule has 0 saturated carbocycles. The fourth-order valence-electron chi connectivity index (χ4n) is 2.07. The minimum absolute atomic E-state index is 0.215. The van der Waals surface area contributed by atoms with Gasteiger partial charge in [0.2, 0.25) is 0 Å². The predicted molar refractivity (Wildman–Crippen MR) is 94.9 cm³/mol. The Morgan fingerprint density at radius 3 is 2.46 bits per heavy atom. The number of carbonyl (C=O) groups excluding carboxylic acids is 1. The first-order valence-electron chi connectivity index (χ1n) is 7.69. The van der Waals surface area contributed by atoms with Gasteiger partial charge in [-0.1, -0.05) is 11.6 Å². The molecule has 0 aliphatic heterocycles. The van der Waals surface area contributed by atoms with Gasteiger partial charge >= 0.3 is 6.18 Å². The van der Waals surface area contributed by atoms with Gasteiger partial charge in [0.1, 0.15) is 5.69 Å². The van der Waals surface area contributed by atoms with Crippen LogP contribution < -0.4 is 10.6 Å². The molecule has 5 nitrogen and oxygen atoms in total. The van der Waals surface area contributed by atoms with E-state index >= 15 is 0 Å². The molecule has 0 aliphatic rings. The number of halogens is 4. The fraction of sp³-hybridized carbons (Fsp3) is 0.294. The van der Waals surface area contributed by atoms with Gasteiger partial charge in [-0.25, -0.2) is 4.98 Å². The third kappa shape index (κ3) is 5.60. The van der Waals surface area contributed by atoms with Gasteiger partial charge in [0.15, 0.2) is 0 Å². The molecule has 2 aromatic rings. The third-order valence-electron chi connectivity index (χ3n) is 3.40. The number of nitrogens with one attached hydrogen (secondary N) is 2. The van der Waals surface area contributed by atoms with Gasteiger partial charge in [-0.05, 0) is 44.4 Å². The largest absolute Gasteiger partial charge is 0.417 e. The highest BCUT2D eigenvalue weighted by atomic mass is 35.5. The Kier molecular flexibility index (Phi) is 6.44. The third-order valence-corrected chi connectivity index (χ3v) is 3.73. The van der Waals surface area contributed by atoms with Crippen LogP contribution in [-0.4, -0.2) is 43.0 Å². The standard InChI is InChI=1S/C17H18ClF3N4O/c1-25(2)8-7-22-16(26)15-6-4-12(10-23-15)24-11-3-5-14(18)13(9-11)17(19,20)21/h3-6,9-10,24H,7-8H2,1-2H3,(H,22,26). The van der Waals surface area contributed by atoms with E-state index in [9.17, 15) is 18.0 Å². The molecule has 1 heterocycles. The molecule has 2 rings (SSSR count). The number of alkyl halides is 3. The Labute approximate surface area is 154 Å². The molecule has 1 amide bonds. The van der Waals surface area contributed by atoms with Crippen LogP contribution in [0.4, 0.5) is 24.5 Å². The van der Waals surface area contributed by atoms with Gasteiger partial charge < -0.3 is 15.5 Å². The predicted octanol–water partition coefficient (Wildman–Crippen LogP) is 3.79. The normalized spacial score (nSPS) is 11.5. The van der Waals surface area contributed by atoms with Crippen LogP contribution >= 0.6 is 11.6 Å². The molecule has 0 aliphatic carbocycles. The smallest absolute Gasteiger partial charge is 0.354 e. The summed E-state index contributed by atoms with van der Waals surface area (Å²) in [5.74, 6) is -0.316. The summed E-state index contributed by atoms with van der Waals surface area (Å²) in [6, 6.07) is 6.58. The second-order valence-electron chi connectivity index (χ2n) is 5.81. The van der Waals surface area contributed by atoms with Crippen LogP contribution in [0.3, 0.4) is 0 Å². The molecule has 0 fully saturated rings. The van der Waals surface area contributed by atoms with Crippen LogP contribution in [0.2, 0.25) is 5.02 Å². The van der Waals surface area contributed by atoms with E-state index in [1.807, 2.05) is 19.0 Å². The highest BCUT2D eigenvalue weighted by molar-refractivity contribution is 6.31. The number of benzene rings is 1. The number of carbonyl (C=O) groups is 1. The monoisotopic (exact) mass is 386 g/mol. The lowest BCUT2D eigenvalue weighted by Gasteiger charge is -2.13. The summed E-state index contributed by atoms with van der Waals surface area (Å²) in [5, 5.41) is 5.17. The van der Waals surface area contributed by atoms with Crippen LogP contribution in [-0.2, 0) is 6.18 Å². The van der Waals surface area contributed by atoms with Crippen molar-refractivity contribution < 1.29 is 18.0 Å². The number of pyridine rings is 1. The number of rotatable bonds is 6. The topological polar surface area (TPSA) is 57.3 Å². The molecule has 0 bridgehead atoms. The molecular formula is C17H18ClF3N4O. The molecular weight excluding hydrogens is 369 g/mol. The van der Waals surface area contributed by atoms with E-state index in [0.717, 1.165) is 6.07 Å². The van der Waals surface area contributed by atoms with Crippen molar-refractivity contribution in [2.24, 2.45) is 0 Å². The first-order chi connectivity index (χ1) is 12.2. The zero-order valence-corrected chi connectivity index (χ0v) is 14.9. The maximum atomic E-state index is 12.9. The van der Waals surface area contributed by atoms with Crippen LogP contribution in [0.25, 0.3) is 0 Å². The van der Waals surface area contributed by atoms with Crippen molar-refractivity contribution in [3.05, 3.63) is 52.8 Å². The van der Waals surface area contributed by atoms with Gasteiger partial charge in [0, 0.05) is 18.8 Å². The number of hydrogen-bond donors (Lipinski definition) is 2. The summed E-state index contributed by atoms with van der Waals surface area (Å²) in [6.45, 7) is 1.18. The number of nitrogens with zero attached hydrogens (tertiary/aromatic N) is 2. The second kappa shape index (κ2) is 8.37. The van der Waals surface area contributed by atoms with E-state index in [0.29, 0.717) is 18.8 Å². The van der Waals surface area contributed by atoms with Crippen molar-refractivity contribution in [3.63, 3.8) is 0 Å². The lowest BCUT2D eigenvalue weighted by Crippen LogP contribution is -2.31. The Bertz CT molecular complexity index is 764. The van der Waals surface area contributed by atoms with Gasteiger partial charge in [-0.3, -0.25) is 4.79 Å². The molecule has 0 spiro atoms. The Hall–Kier alpha value is -2.32. The van der Waals surface area contributed by atoms with E-state index < -0.39 is 11.7 Å². The van der Waals surface area contributed by atoms with Gasteiger partial charge in [-0.2, -0.15) is 13.2 Å². The molecule has 0 radical (unpaired) electrons. The molecule has 2 N–H and O–H groups in total. The van der Waals surface area contributed by atoms with Crippen molar-refractivity contribution in [2.45, 2.75) is 6.18 Å². The Balaban J connectivity index is 2.04. The van der Waals surface area contributed by atoms with Crippen molar-refractivity contribution in [2.75, 3.05) is 32.5 Å². The van der Waals surface area contributed by atoms with Gasteiger partial charge in [-0.15, -0.1) is 0 Å². The van der Waals surface area contributed by atoms with Crippen molar-refractivity contribution in [3.8, 4) is 0 Å². The van der Waals surface area contributed by atoms with Crippen molar-refractivity contribution >= 4 is 28.9 Å². The highest BCUT2D eigenvalue weighted by Gasteiger charge is 2.33. The van der Waals surface area contributed by atoms with Crippen LogP contribution in [0.5, 0.6) is 0 Å². The minimum atomic E-state index is -4.54. The molecule has 9 heteroatoms. The first kappa shape index (κ1) is 20.0. The summed E-state index contributed by atoms with van der Waals surface area (Å²) in [7, 11) is 3.79.